The highest BCUT2D eigenvalue weighted by Crippen LogP contribution is 2.37. The average molecular weight is 409 g/mol. The van der Waals surface area contributed by atoms with Crippen molar-refractivity contribution >= 4 is 11.8 Å². The minimum atomic E-state index is -0.690. The first-order valence-electron chi connectivity index (χ1n) is 11.9. The molecule has 4 nitrogen and oxygen atoms in total. The van der Waals surface area contributed by atoms with Crippen molar-refractivity contribution in [3.05, 3.63) is 11.6 Å². The van der Waals surface area contributed by atoms with E-state index in [2.05, 4.69) is 26.8 Å². The summed E-state index contributed by atoms with van der Waals surface area (Å²) in [5.74, 6) is -0.824. The number of aliphatic hydroxyl groups excluding tert-OH is 1. The molecule has 29 heavy (non-hydrogen) atoms. The molecule has 1 fully saturated rings. The Labute approximate surface area is 178 Å². The van der Waals surface area contributed by atoms with Gasteiger partial charge in [-0.05, 0) is 56.8 Å². The maximum absolute atomic E-state index is 11.7. The van der Waals surface area contributed by atoms with Gasteiger partial charge in [-0.1, -0.05) is 65.0 Å². The van der Waals surface area contributed by atoms with Crippen LogP contribution < -0.4 is 0 Å². The molecule has 2 atom stereocenters. The van der Waals surface area contributed by atoms with Crippen molar-refractivity contribution in [2.45, 2.75) is 117 Å². The molecule has 0 heterocycles. The molecule has 1 N–H and O–H groups in total. The number of allylic oxidation sites excluding steroid dienone is 1. The van der Waals surface area contributed by atoms with Crippen LogP contribution in [0, 0.1) is 11.3 Å². The van der Waals surface area contributed by atoms with Crippen molar-refractivity contribution < 1.29 is 19.4 Å². The Morgan fingerprint density at radius 1 is 1.10 bits per heavy atom. The summed E-state index contributed by atoms with van der Waals surface area (Å²) in [6.45, 7) is 9.19. The molecular weight excluding hydrogens is 364 g/mol. The van der Waals surface area contributed by atoms with Crippen LogP contribution in [0.4, 0.5) is 0 Å². The Morgan fingerprint density at radius 2 is 1.86 bits per heavy atom. The van der Waals surface area contributed by atoms with Crippen molar-refractivity contribution in [1.82, 2.24) is 0 Å². The number of unbranched alkanes of at least 4 members (excludes halogenated alkanes) is 3. The molecule has 1 aliphatic carbocycles. The minimum absolute atomic E-state index is 0.222. The number of hydrogen-bond acceptors (Lipinski definition) is 4. The van der Waals surface area contributed by atoms with Crippen LogP contribution in [0.3, 0.4) is 0 Å². The second-order valence-electron chi connectivity index (χ2n) is 9.46. The average Bonchev–Trinajstić information content (AvgIpc) is 3.03. The zero-order valence-electron chi connectivity index (χ0n) is 19.3. The Hall–Kier alpha value is -1.16. The van der Waals surface area contributed by atoms with Gasteiger partial charge >= 0.3 is 5.97 Å². The fourth-order valence-corrected chi connectivity index (χ4v) is 4.21. The standard InChI is InChI=1S/C25H44O4/c1-5-7-17-25(3,4)18-11-12-20-15-16-22(26)21(20)13-9-8-10-14-23(27)24(28)29-19-6-2/h12,21-22,26H,5-11,13-19H2,1-4H3/t21-,22-/m1/s1. The molecule has 1 rings (SSSR count). The van der Waals surface area contributed by atoms with Crippen LogP contribution in [0.2, 0.25) is 0 Å². The predicted molar refractivity (Wildman–Crippen MR) is 119 cm³/mol. The summed E-state index contributed by atoms with van der Waals surface area (Å²) in [7, 11) is 0. The van der Waals surface area contributed by atoms with Crippen molar-refractivity contribution in [3.63, 3.8) is 0 Å². The number of aliphatic hydroxyl groups is 1. The van der Waals surface area contributed by atoms with E-state index in [0.717, 1.165) is 44.9 Å². The van der Waals surface area contributed by atoms with Gasteiger partial charge in [0.15, 0.2) is 0 Å². The lowest BCUT2D eigenvalue weighted by atomic mass is 9.82. The third kappa shape index (κ3) is 10.4. The fraction of sp³-hybridized carbons (Fsp3) is 0.840. The Balaban J connectivity index is 2.32. The second kappa shape index (κ2) is 14.0. The van der Waals surface area contributed by atoms with Crippen molar-refractivity contribution in [2.24, 2.45) is 11.3 Å². The van der Waals surface area contributed by atoms with Gasteiger partial charge in [-0.25, -0.2) is 4.79 Å². The molecule has 0 aromatic carbocycles. The first-order valence-corrected chi connectivity index (χ1v) is 11.9. The number of carbonyl (C=O) groups is 2. The number of carbonyl (C=O) groups excluding carboxylic acids is 2. The van der Waals surface area contributed by atoms with E-state index in [9.17, 15) is 14.7 Å². The quantitative estimate of drug-likeness (QED) is 0.153. The fourth-order valence-electron chi connectivity index (χ4n) is 4.21. The van der Waals surface area contributed by atoms with Gasteiger partial charge in [-0.2, -0.15) is 0 Å². The SMILES string of the molecule is CCCCC(C)(C)CCC=C1CC[C@@H](O)[C@@H]1CCCCCC(=O)C(=O)OCCC. The molecule has 0 unspecified atom stereocenters. The van der Waals surface area contributed by atoms with E-state index in [4.69, 9.17) is 4.74 Å². The van der Waals surface area contributed by atoms with Gasteiger partial charge in [0.1, 0.15) is 0 Å². The van der Waals surface area contributed by atoms with Crippen molar-refractivity contribution in [1.29, 1.82) is 0 Å². The molecule has 1 saturated carbocycles. The third-order valence-electron chi connectivity index (χ3n) is 6.19. The van der Waals surface area contributed by atoms with E-state index in [1.807, 2.05) is 6.92 Å². The Morgan fingerprint density at radius 3 is 2.55 bits per heavy atom. The maximum Gasteiger partial charge on any atom is 0.374 e. The number of esters is 1. The highest BCUT2D eigenvalue weighted by molar-refractivity contribution is 6.33. The van der Waals surface area contributed by atoms with Gasteiger partial charge in [0, 0.05) is 12.3 Å². The second-order valence-corrected chi connectivity index (χ2v) is 9.46. The summed E-state index contributed by atoms with van der Waals surface area (Å²) in [4.78, 5) is 23.2. The van der Waals surface area contributed by atoms with Crippen LogP contribution in [0.1, 0.15) is 111 Å². The van der Waals surface area contributed by atoms with Crippen LogP contribution in [0.5, 0.6) is 0 Å². The molecule has 168 valence electrons. The summed E-state index contributed by atoms with van der Waals surface area (Å²) in [6, 6.07) is 0. The highest BCUT2D eigenvalue weighted by Gasteiger charge is 2.29. The van der Waals surface area contributed by atoms with Crippen LogP contribution in [-0.2, 0) is 14.3 Å². The zero-order chi connectivity index (χ0) is 21.7. The molecular formula is C25H44O4. The zero-order valence-corrected chi connectivity index (χ0v) is 19.3. The summed E-state index contributed by atoms with van der Waals surface area (Å²) < 4.78 is 4.87. The van der Waals surface area contributed by atoms with Gasteiger partial charge in [0.25, 0.3) is 0 Å². The third-order valence-corrected chi connectivity index (χ3v) is 6.19. The van der Waals surface area contributed by atoms with Gasteiger partial charge in [-0.15, -0.1) is 0 Å². The number of hydrogen-bond donors (Lipinski definition) is 1. The number of ketones is 1. The van der Waals surface area contributed by atoms with Crippen LogP contribution >= 0.6 is 0 Å². The molecule has 0 bridgehead atoms. The molecule has 0 radical (unpaired) electrons. The smallest absolute Gasteiger partial charge is 0.374 e. The van der Waals surface area contributed by atoms with Gasteiger partial charge in [0.2, 0.25) is 5.78 Å². The molecule has 0 amide bonds. The first kappa shape index (κ1) is 25.9. The van der Waals surface area contributed by atoms with Gasteiger partial charge in [-0.3, -0.25) is 4.79 Å². The van der Waals surface area contributed by atoms with Crippen LogP contribution in [0.25, 0.3) is 0 Å². The Bertz CT molecular complexity index is 521. The molecule has 0 saturated heterocycles. The molecule has 4 heteroatoms. The van der Waals surface area contributed by atoms with E-state index >= 15 is 0 Å². The van der Waals surface area contributed by atoms with E-state index in [1.165, 1.54) is 31.3 Å². The molecule has 0 aromatic rings. The molecule has 0 aliphatic heterocycles. The summed E-state index contributed by atoms with van der Waals surface area (Å²) in [5, 5.41) is 10.4. The van der Waals surface area contributed by atoms with Crippen LogP contribution in [-0.4, -0.2) is 29.6 Å². The predicted octanol–water partition coefficient (Wildman–Crippen LogP) is 6.15. The van der Waals surface area contributed by atoms with Crippen molar-refractivity contribution in [3.8, 4) is 0 Å². The minimum Gasteiger partial charge on any atom is -0.460 e. The number of Topliss-reactive ketones (excluding diaryl/α,β-unsaturated/α-hetero) is 1. The normalized spacial score (nSPS) is 20.9. The Kier molecular flexibility index (Phi) is 12.4. The van der Waals surface area contributed by atoms with E-state index in [-0.39, 0.29) is 18.4 Å². The molecule has 1 aliphatic rings. The monoisotopic (exact) mass is 408 g/mol. The summed E-state index contributed by atoms with van der Waals surface area (Å²) in [6.07, 6.45) is 14.8. The van der Waals surface area contributed by atoms with E-state index < -0.39 is 11.8 Å². The van der Waals surface area contributed by atoms with Crippen molar-refractivity contribution in [2.75, 3.05) is 6.61 Å². The van der Waals surface area contributed by atoms with E-state index in [0.29, 0.717) is 18.4 Å². The number of ether oxygens (including phenoxy) is 1. The number of rotatable bonds is 15. The summed E-state index contributed by atoms with van der Waals surface area (Å²) in [5.41, 5.74) is 1.83. The lowest BCUT2D eigenvalue weighted by Crippen LogP contribution is -2.17. The topological polar surface area (TPSA) is 63.6 Å². The van der Waals surface area contributed by atoms with E-state index in [1.54, 1.807) is 0 Å². The van der Waals surface area contributed by atoms with Gasteiger partial charge < -0.3 is 9.84 Å². The molecule has 0 spiro atoms. The van der Waals surface area contributed by atoms with Gasteiger partial charge in [0.05, 0.1) is 12.7 Å². The molecule has 0 aromatic heterocycles. The largest absolute Gasteiger partial charge is 0.460 e. The lowest BCUT2D eigenvalue weighted by Gasteiger charge is -2.24. The summed E-state index contributed by atoms with van der Waals surface area (Å²) >= 11 is 0. The lowest BCUT2D eigenvalue weighted by molar-refractivity contribution is -0.153. The first-order chi connectivity index (χ1) is 13.8. The van der Waals surface area contributed by atoms with Crippen LogP contribution in [0.15, 0.2) is 11.6 Å². The maximum atomic E-state index is 11.7. The highest BCUT2D eigenvalue weighted by atomic mass is 16.5.